The number of carbonyl (C=O) groups is 3. The van der Waals surface area contributed by atoms with E-state index in [9.17, 15) is 19.5 Å². The molecule has 3 rings (SSSR count). The van der Waals surface area contributed by atoms with Crippen LogP contribution in [0.25, 0.3) is 0 Å². The van der Waals surface area contributed by atoms with E-state index in [-0.39, 0.29) is 12.3 Å². The largest absolute Gasteiger partial charge is 0.477 e. The molecular weight excluding hydrogens is 390 g/mol. The minimum absolute atomic E-state index is 0.135. The predicted molar refractivity (Wildman–Crippen MR) is 106 cm³/mol. The number of ether oxygens (including phenoxy) is 2. The summed E-state index contributed by atoms with van der Waals surface area (Å²) in [4.78, 5) is 38.1. The van der Waals surface area contributed by atoms with Gasteiger partial charge in [0.1, 0.15) is 12.2 Å². The Morgan fingerprint density at radius 1 is 1.17 bits per heavy atom. The molecule has 1 aromatic carbocycles. The Balaban J connectivity index is 1.78. The molecule has 2 heterocycles. The highest BCUT2D eigenvalue weighted by Crippen LogP contribution is 2.32. The number of hydrogen-bond donors (Lipinski definition) is 1. The third-order valence-corrected chi connectivity index (χ3v) is 4.55. The van der Waals surface area contributed by atoms with Gasteiger partial charge in [-0.25, -0.2) is 14.4 Å². The van der Waals surface area contributed by atoms with Gasteiger partial charge in [-0.1, -0.05) is 30.3 Å². The first-order valence-electron chi connectivity index (χ1n) is 9.69. The third kappa shape index (κ3) is 4.97. The predicted octanol–water partition coefficient (Wildman–Crippen LogP) is 3.84. The molecule has 1 N–H and O–H groups in total. The quantitative estimate of drug-likeness (QED) is 0.807. The van der Waals surface area contributed by atoms with Gasteiger partial charge in [0.15, 0.2) is 5.69 Å². The molecule has 0 aliphatic carbocycles. The van der Waals surface area contributed by atoms with Gasteiger partial charge in [0.25, 0.3) is 0 Å². The lowest BCUT2D eigenvalue weighted by molar-refractivity contribution is 0.0481. The van der Waals surface area contributed by atoms with Crippen molar-refractivity contribution in [3.05, 3.63) is 53.3 Å². The van der Waals surface area contributed by atoms with E-state index < -0.39 is 29.8 Å². The van der Waals surface area contributed by atoms with Crippen molar-refractivity contribution < 1.29 is 29.0 Å². The Morgan fingerprint density at radius 2 is 1.87 bits per heavy atom. The van der Waals surface area contributed by atoms with Crippen LogP contribution in [0.15, 0.2) is 36.4 Å². The lowest BCUT2D eigenvalue weighted by Gasteiger charge is -2.22. The number of aromatic nitrogens is 2. The molecule has 1 fully saturated rings. The van der Waals surface area contributed by atoms with E-state index in [2.05, 4.69) is 5.10 Å². The van der Waals surface area contributed by atoms with Gasteiger partial charge < -0.3 is 14.6 Å². The molecule has 1 saturated heterocycles. The normalized spacial score (nSPS) is 16.4. The molecule has 9 heteroatoms. The van der Waals surface area contributed by atoms with Gasteiger partial charge in [-0.15, -0.1) is 0 Å². The minimum atomic E-state index is -1.31. The first-order valence-corrected chi connectivity index (χ1v) is 9.69. The Labute approximate surface area is 174 Å². The highest BCUT2D eigenvalue weighted by Gasteiger charge is 2.35. The van der Waals surface area contributed by atoms with Crippen molar-refractivity contribution in [2.45, 2.75) is 51.9 Å². The second-order valence-electron chi connectivity index (χ2n) is 8.04. The third-order valence-electron chi connectivity index (χ3n) is 4.55. The summed E-state index contributed by atoms with van der Waals surface area (Å²) >= 11 is 0. The summed E-state index contributed by atoms with van der Waals surface area (Å²) < 4.78 is 11.4. The monoisotopic (exact) mass is 415 g/mol. The van der Waals surface area contributed by atoms with Gasteiger partial charge in [0.05, 0.1) is 11.7 Å². The fourth-order valence-electron chi connectivity index (χ4n) is 3.25. The van der Waals surface area contributed by atoms with Crippen molar-refractivity contribution in [1.29, 1.82) is 0 Å². The number of amides is 1. The number of rotatable bonds is 4. The summed E-state index contributed by atoms with van der Waals surface area (Å²) in [5.74, 6) is -1.31. The van der Waals surface area contributed by atoms with Crippen molar-refractivity contribution in [2.24, 2.45) is 0 Å². The van der Waals surface area contributed by atoms with Crippen LogP contribution in [0.2, 0.25) is 0 Å². The zero-order chi connectivity index (χ0) is 21.9. The summed E-state index contributed by atoms with van der Waals surface area (Å²) in [5.41, 5.74) is 0.0553. The number of hydrogen-bond acceptors (Lipinski definition) is 6. The molecule has 9 nitrogen and oxygen atoms in total. The molecule has 0 radical (unpaired) electrons. The van der Waals surface area contributed by atoms with E-state index in [1.165, 1.54) is 11.0 Å². The number of benzene rings is 1. The van der Waals surface area contributed by atoms with Gasteiger partial charge in [-0.05, 0) is 45.2 Å². The first kappa shape index (κ1) is 21.4. The molecule has 1 aliphatic rings. The maximum atomic E-state index is 12.6. The highest BCUT2D eigenvalue weighted by molar-refractivity contribution is 5.90. The molecule has 0 spiro atoms. The van der Waals surface area contributed by atoms with Crippen LogP contribution in [0.1, 0.15) is 61.4 Å². The van der Waals surface area contributed by atoms with E-state index in [1.54, 1.807) is 20.8 Å². The van der Waals surface area contributed by atoms with Crippen LogP contribution in [0.5, 0.6) is 0 Å². The molecule has 1 atom stereocenters. The van der Waals surface area contributed by atoms with Gasteiger partial charge in [0, 0.05) is 6.54 Å². The van der Waals surface area contributed by atoms with Crippen LogP contribution in [0.4, 0.5) is 9.59 Å². The maximum Gasteiger partial charge on any atom is 0.436 e. The highest BCUT2D eigenvalue weighted by atomic mass is 16.6. The average Bonchev–Trinajstić information content (AvgIpc) is 3.32. The molecule has 160 valence electrons. The summed E-state index contributed by atoms with van der Waals surface area (Å²) in [7, 11) is 0. The number of carboxylic acids is 1. The topological polar surface area (TPSA) is 111 Å². The first-order chi connectivity index (χ1) is 14.2. The summed E-state index contributed by atoms with van der Waals surface area (Å²) in [6, 6.07) is 10.1. The van der Waals surface area contributed by atoms with Crippen LogP contribution in [0.3, 0.4) is 0 Å². The van der Waals surface area contributed by atoms with Gasteiger partial charge in [-0.2, -0.15) is 9.78 Å². The standard InChI is InChI=1S/C21H25N3O6/c1-21(2,3)30-20(28)24-17(18(25)26)12-15(22-24)16-10-7-11-23(16)19(27)29-13-14-8-5-4-6-9-14/h4-6,8-9,12,16H,7,10-11,13H2,1-3H3,(H,25,26)/t16-/m0/s1. The second kappa shape index (κ2) is 8.56. The summed E-state index contributed by atoms with van der Waals surface area (Å²) in [6.07, 6.45) is -0.0927. The lowest BCUT2D eigenvalue weighted by Crippen LogP contribution is -2.32. The van der Waals surface area contributed by atoms with Gasteiger partial charge in [-0.3, -0.25) is 4.90 Å². The molecule has 1 aliphatic heterocycles. The van der Waals surface area contributed by atoms with Crippen molar-refractivity contribution in [3.63, 3.8) is 0 Å². The van der Waals surface area contributed by atoms with Crippen molar-refractivity contribution >= 4 is 18.2 Å². The zero-order valence-corrected chi connectivity index (χ0v) is 17.2. The SMILES string of the molecule is CC(C)(C)OC(=O)n1nc([C@@H]2CCCN2C(=O)OCc2ccccc2)cc1C(=O)O. The Morgan fingerprint density at radius 3 is 2.50 bits per heavy atom. The second-order valence-corrected chi connectivity index (χ2v) is 8.04. The van der Waals surface area contributed by atoms with Gasteiger partial charge >= 0.3 is 18.2 Å². The minimum Gasteiger partial charge on any atom is -0.477 e. The number of nitrogens with zero attached hydrogens (tertiary/aromatic N) is 3. The van der Waals surface area contributed by atoms with Crippen molar-refractivity contribution in [3.8, 4) is 0 Å². The van der Waals surface area contributed by atoms with Crippen molar-refractivity contribution in [2.75, 3.05) is 6.54 Å². The fraction of sp³-hybridized carbons (Fsp3) is 0.429. The van der Waals surface area contributed by atoms with Gasteiger partial charge in [0.2, 0.25) is 0 Å². The van der Waals surface area contributed by atoms with Crippen molar-refractivity contribution in [1.82, 2.24) is 14.7 Å². The van der Waals surface area contributed by atoms with E-state index in [4.69, 9.17) is 9.47 Å². The molecule has 2 aromatic rings. The number of carboxylic acid groups (broad SMARTS) is 1. The smallest absolute Gasteiger partial charge is 0.436 e. The molecule has 0 unspecified atom stereocenters. The molecule has 1 amide bonds. The lowest BCUT2D eigenvalue weighted by atomic mass is 10.1. The molecule has 0 saturated carbocycles. The molecule has 1 aromatic heterocycles. The molecule has 30 heavy (non-hydrogen) atoms. The molecule has 0 bridgehead atoms. The molecular formula is C21H25N3O6. The number of likely N-dealkylation sites (tertiary alicyclic amines) is 1. The number of aromatic carboxylic acids is 1. The van der Waals surface area contributed by atoms with Crippen LogP contribution < -0.4 is 0 Å². The van der Waals surface area contributed by atoms with Crippen LogP contribution in [-0.4, -0.2) is 50.1 Å². The Hall–Kier alpha value is -3.36. The number of carbonyl (C=O) groups excluding carboxylic acids is 2. The fourth-order valence-corrected chi connectivity index (χ4v) is 3.25. The van der Waals surface area contributed by atoms with Crippen LogP contribution in [-0.2, 0) is 16.1 Å². The van der Waals surface area contributed by atoms with E-state index in [0.717, 1.165) is 10.2 Å². The van der Waals surface area contributed by atoms with E-state index in [1.807, 2.05) is 30.3 Å². The average molecular weight is 415 g/mol. The van der Waals surface area contributed by atoms with E-state index in [0.29, 0.717) is 25.1 Å². The van der Waals surface area contributed by atoms with Crippen LogP contribution >= 0.6 is 0 Å². The van der Waals surface area contributed by atoms with Crippen LogP contribution in [0, 0.1) is 0 Å². The Bertz CT molecular complexity index is 932. The Kier molecular flexibility index (Phi) is 6.09. The zero-order valence-electron chi connectivity index (χ0n) is 17.2. The maximum absolute atomic E-state index is 12.6. The summed E-state index contributed by atoms with van der Waals surface area (Å²) in [5, 5.41) is 13.6. The van der Waals surface area contributed by atoms with E-state index >= 15 is 0 Å². The summed E-state index contributed by atoms with van der Waals surface area (Å²) in [6.45, 7) is 5.63.